The number of aromatic amines is 1. The van der Waals surface area contributed by atoms with E-state index >= 15 is 0 Å². The molecule has 1 aliphatic heterocycles. The van der Waals surface area contributed by atoms with Crippen molar-refractivity contribution in [2.45, 2.75) is 32.3 Å². The Labute approximate surface area is 93.8 Å². The van der Waals surface area contributed by atoms with Gasteiger partial charge in [-0.2, -0.15) is 0 Å². The molecule has 0 saturated carbocycles. The van der Waals surface area contributed by atoms with Crippen LogP contribution in [-0.2, 0) is 11.2 Å². The normalized spacial score (nSPS) is 19.9. The summed E-state index contributed by atoms with van der Waals surface area (Å²) >= 11 is 0. The molecule has 0 amide bonds. The minimum atomic E-state index is -0.172. The van der Waals surface area contributed by atoms with Gasteiger partial charge in [0.1, 0.15) is 12.4 Å². The third kappa shape index (κ3) is 2.82. The molecule has 0 radical (unpaired) electrons. The average molecular weight is 224 g/mol. The molecule has 1 N–H and O–H groups in total. The molecule has 1 aromatic heterocycles. The zero-order valence-corrected chi connectivity index (χ0v) is 9.36. The third-order valence-electron chi connectivity index (χ3n) is 2.54. The fourth-order valence-electron chi connectivity index (χ4n) is 1.68. The lowest BCUT2D eigenvalue weighted by Crippen LogP contribution is -2.19. The number of aryl methyl sites for hydroxylation is 1. The van der Waals surface area contributed by atoms with E-state index in [-0.39, 0.29) is 11.7 Å². The molecule has 2 heterocycles. The largest absolute Gasteiger partial charge is 0.475 e. The zero-order valence-electron chi connectivity index (χ0n) is 9.36. The van der Waals surface area contributed by atoms with Gasteiger partial charge < -0.3 is 14.5 Å². The van der Waals surface area contributed by atoms with E-state index in [9.17, 15) is 4.79 Å². The maximum atomic E-state index is 11.3. The number of ether oxygens (including phenoxy) is 2. The van der Waals surface area contributed by atoms with Gasteiger partial charge in [-0.05, 0) is 12.8 Å². The van der Waals surface area contributed by atoms with E-state index in [0.29, 0.717) is 24.7 Å². The minimum absolute atomic E-state index is 0.145. The van der Waals surface area contributed by atoms with Crippen molar-refractivity contribution in [2.24, 2.45) is 0 Å². The maximum absolute atomic E-state index is 11.3. The molecule has 0 aromatic carbocycles. The highest BCUT2D eigenvalue weighted by Crippen LogP contribution is 2.13. The van der Waals surface area contributed by atoms with Crippen molar-refractivity contribution in [3.63, 3.8) is 0 Å². The Bertz CT molecular complexity index is 396. The van der Waals surface area contributed by atoms with Crippen LogP contribution in [-0.4, -0.2) is 29.3 Å². The van der Waals surface area contributed by atoms with Crippen LogP contribution < -0.4 is 10.3 Å². The van der Waals surface area contributed by atoms with E-state index in [0.717, 1.165) is 19.4 Å². The summed E-state index contributed by atoms with van der Waals surface area (Å²) in [5.41, 5.74) is -0.172. The second kappa shape index (κ2) is 5.12. The molecule has 1 unspecified atom stereocenters. The van der Waals surface area contributed by atoms with Crippen LogP contribution in [0.5, 0.6) is 5.88 Å². The van der Waals surface area contributed by atoms with Crippen LogP contribution in [0.25, 0.3) is 0 Å². The van der Waals surface area contributed by atoms with Crippen LogP contribution in [0, 0.1) is 0 Å². The third-order valence-corrected chi connectivity index (χ3v) is 2.54. The molecular weight excluding hydrogens is 208 g/mol. The molecule has 0 spiro atoms. The fraction of sp³-hybridized carbons (Fsp3) is 0.636. The molecule has 1 saturated heterocycles. The van der Waals surface area contributed by atoms with Crippen LogP contribution in [0.4, 0.5) is 0 Å². The van der Waals surface area contributed by atoms with Gasteiger partial charge in [0, 0.05) is 13.0 Å². The molecule has 88 valence electrons. The van der Waals surface area contributed by atoms with Gasteiger partial charge in [-0.1, -0.05) is 6.92 Å². The molecule has 1 aliphatic rings. The molecule has 16 heavy (non-hydrogen) atoms. The summed E-state index contributed by atoms with van der Waals surface area (Å²) < 4.78 is 10.9. The van der Waals surface area contributed by atoms with E-state index < -0.39 is 0 Å². The van der Waals surface area contributed by atoms with Crippen molar-refractivity contribution in [1.82, 2.24) is 9.97 Å². The van der Waals surface area contributed by atoms with Crippen molar-refractivity contribution in [2.75, 3.05) is 13.2 Å². The lowest BCUT2D eigenvalue weighted by Gasteiger charge is -2.10. The smallest absolute Gasteiger partial charge is 0.254 e. The summed E-state index contributed by atoms with van der Waals surface area (Å²) in [6.07, 6.45) is 2.93. The zero-order chi connectivity index (χ0) is 11.4. The first-order valence-corrected chi connectivity index (χ1v) is 5.62. The van der Waals surface area contributed by atoms with Gasteiger partial charge in [0.2, 0.25) is 5.88 Å². The van der Waals surface area contributed by atoms with E-state index in [4.69, 9.17) is 9.47 Å². The SMILES string of the molecule is CCc1nc(OCC2CCCO2)cc(=O)[nH]1. The van der Waals surface area contributed by atoms with Gasteiger partial charge >= 0.3 is 0 Å². The Morgan fingerprint density at radius 2 is 2.56 bits per heavy atom. The van der Waals surface area contributed by atoms with Crippen LogP contribution in [0.1, 0.15) is 25.6 Å². The van der Waals surface area contributed by atoms with Crippen LogP contribution in [0.3, 0.4) is 0 Å². The molecule has 5 heteroatoms. The maximum Gasteiger partial charge on any atom is 0.254 e. The number of hydrogen-bond acceptors (Lipinski definition) is 4. The van der Waals surface area contributed by atoms with Crippen molar-refractivity contribution in [1.29, 1.82) is 0 Å². The molecule has 5 nitrogen and oxygen atoms in total. The molecule has 2 rings (SSSR count). The Hall–Kier alpha value is -1.36. The highest BCUT2D eigenvalue weighted by molar-refractivity contribution is 5.08. The number of nitrogens with zero attached hydrogens (tertiary/aromatic N) is 1. The molecule has 1 fully saturated rings. The fourth-order valence-corrected chi connectivity index (χ4v) is 1.68. The van der Waals surface area contributed by atoms with Crippen LogP contribution >= 0.6 is 0 Å². The van der Waals surface area contributed by atoms with Crippen molar-refractivity contribution >= 4 is 0 Å². The summed E-state index contributed by atoms with van der Waals surface area (Å²) in [4.78, 5) is 18.1. The average Bonchev–Trinajstić information content (AvgIpc) is 2.78. The van der Waals surface area contributed by atoms with Crippen molar-refractivity contribution in [3.8, 4) is 5.88 Å². The number of hydrogen-bond donors (Lipinski definition) is 1. The number of aromatic nitrogens is 2. The van der Waals surface area contributed by atoms with E-state index in [1.54, 1.807) is 0 Å². The monoisotopic (exact) mass is 224 g/mol. The summed E-state index contributed by atoms with van der Waals surface area (Å²) in [5.74, 6) is 1.03. The first-order valence-electron chi connectivity index (χ1n) is 5.62. The van der Waals surface area contributed by atoms with E-state index in [1.165, 1.54) is 6.07 Å². The Kier molecular flexibility index (Phi) is 3.56. The van der Waals surface area contributed by atoms with Gasteiger partial charge in [0.15, 0.2) is 0 Å². The predicted octanol–water partition coefficient (Wildman–Crippen LogP) is 0.890. The number of H-pyrrole nitrogens is 1. The van der Waals surface area contributed by atoms with E-state index in [1.807, 2.05) is 6.92 Å². The highest BCUT2D eigenvalue weighted by atomic mass is 16.5. The van der Waals surface area contributed by atoms with Gasteiger partial charge in [-0.15, -0.1) is 0 Å². The second-order valence-corrected chi connectivity index (χ2v) is 3.83. The topological polar surface area (TPSA) is 64.2 Å². The van der Waals surface area contributed by atoms with Crippen molar-refractivity contribution < 1.29 is 9.47 Å². The summed E-state index contributed by atoms with van der Waals surface area (Å²) in [7, 11) is 0. The molecular formula is C11H16N2O3. The lowest BCUT2D eigenvalue weighted by atomic mass is 10.2. The van der Waals surface area contributed by atoms with Crippen LogP contribution in [0.15, 0.2) is 10.9 Å². The molecule has 1 aromatic rings. The standard InChI is InChI=1S/C11H16N2O3/c1-2-9-12-10(14)6-11(13-9)16-7-8-4-3-5-15-8/h6,8H,2-5,7H2,1H3,(H,12,13,14). The number of nitrogens with one attached hydrogen (secondary N) is 1. The molecule has 1 atom stereocenters. The van der Waals surface area contributed by atoms with Crippen LogP contribution in [0.2, 0.25) is 0 Å². The first-order chi connectivity index (χ1) is 7.78. The number of rotatable bonds is 4. The Balaban J connectivity index is 1.97. The Morgan fingerprint density at radius 3 is 3.25 bits per heavy atom. The van der Waals surface area contributed by atoms with E-state index in [2.05, 4.69) is 9.97 Å². The first kappa shape index (κ1) is 11.1. The predicted molar refractivity (Wildman–Crippen MR) is 58.7 cm³/mol. The van der Waals surface area contributed by atoms with Gasteiger partial charge in [-0.3, -0.25) is 4.79 Å². The molecule has 0 bridgehead atoms. The second-order valence-electron chi connectivity index (χ2n) is 3.83. The minimum Gasteiger partial charge on any atom is -0.475 e. The van der Waals surface area contributed by atoms with Gasteiger partial charge in [0.25, 0.3) is 5.56 Å². The Morgan fingerprint density at radius 1 is 1.69 bits per heavy atom. The highest BCUT2D eigenvalue weighted by Gasteiger charge is 2.16. The molecule has 0 aliphatic carbocycles. The lowest BCUT2D eigenvalue weighted by molar-refractivity contribution is 0.0661. The van der Waals surface area contributed by atoms with Gasteiger partial charge in [0.05, 0.1) is 12.2 Å². The van der Waals surface area contributed by atoms with Crippen molar-refractivity contribution in [3.05, 3.63) is 22.2 Å². The summed E-state index contributed by atoms with van der Waals surface area (Å²) in [5, 5.41) is 0. The summed E-state index contributed by atoms with van der Waals surface area (Å²) in [6.45, 7) is 3.21. The quantitative estimate of drug-likeness (QED) is 0.825. The summed E-state index contributed by atoms with van der Waals surface area (Å²) in [6, 6.07) is 1.37. The van der Waals surface area contributed by atoms with Gasteiger partial charge in [-0.25, -0.2) is 4.98 Å².